The van der Waals surface area contributed by atoms with Gasteiger partial charge in [-0.2, -0.15) is 18.4 Å². The largest absolute Gasteiger partial charge is 0.491 e. The van der Waals surface area contributed by atoms with Crippen molar-refractivity contribution in [2.75, 3.05) is 23.0 Å². The van der Waals surface area contributed by atoms with E-state index in [-0.39, 0.29) is 18.1 Å². The molecule has 1 aromatic carbocycles. The number of pyridine rings is 1. The lowest BCUT2D eigenvalue weighted by atomic mass is 9.75. The third kappa shape index (κ3) is 5.62. The molecule has 1 saturated carbocycles. The fourth-order valence-electron chi connectivity index (χ4n) is 5.73. The molecule has 2 aliphatic heterocycles. The summed E-state index contributed by atoms with van der Waals surface area (Å²) in [5.41, 5.74) is -3.64. The van der Waals surface area contributed by atoms with Crippen molar-refractivity contribution in [3.8, 4) is 11.8 Å². The Morgan fingerprint density at radius 2 is 1.82 bits per heavy atom. The summed E-state index contributed by atoms with van der Waals surface area (Å²) in [7, 11) is 0. The smallest absolute Gasteiger partial charge is 0.419 e. The average Bonchev–Trinajstić information content (AvgIpc) is 3.35. The number of aromatic nitrogens is 1. The summed E-state index contributed by atoms with van der Waals surface area (Å²) < 4.78 is 80.4. The Hall–Kier alpha value is -4.41. The fraction of sp³-hybridized carbons (Fsp3) is 0.467. The van der Waals surface area contributed by atoms with E-state index >= 15 is 0 Å². The number of nitrogens with zero attached hydrogens (tertiary/aromatic N) is 5. The summed E-state index contributed by atoms with van der Waals surface area (Å²) >= 11 is 0. The first-order valence-electron chi connectivity index (χ1n) is 13.9. The number of amides is 2. The number of benzene rings is 1. The quantitative estimate of drug-likeness (QED) is 0.365. The van der Waals surface area contributed by atoms with E-state index in [9.17, 15) is 31.5 Å². The van der Waals surface area contributed by atoms with Gasteiger partial charge in [0.05, 0.1) is 30.0 Å². The second kappa shape index (κ2) is 10.6. The number of alkyl halides is 5. The molecule has 1 atom stereocenters. The molecular weight excluding hydrogens is 589 g/mol. The van der Waals surface area contributed by atoms with Gasteiger partial charge in [-0.25, -0.2) is 18.6 Å². The van der Waals surface area contributed by atoms with E-state index in [0.717, 1.165) is 16.0 Å². The number of halogens is 5. The molecule has 14 heteroatoms. The van der Waals surface area contributed by atoms with Crippen LogP contribution in [0.3, 0.4) is 0 Å². The fourth-order valence-corrected chi connectivity index (χ4v) is 5.73. The molecule has 1 unspecified atom stereocenters. The van der Waals surface area contributed by atoms with Gasteiger partial charge in [-0.15, -0.1) is 0 Å². The molecule has 2 amide bonds. The van der Waals surface area contributed by atoms with Crippen LogP contribution in [0.5, 0.6) is 5.75 Å². The van der Waals surface area contributed by atoms with Gasteiger partial charge in [0, 0.05) is 12.1 Å². The Balaban J connectivity index is 1.35. The van der Waals surface area contributed by atoms with Gasteiger partial charge in [0.15, 0.2) is 5.69 Å². The van der Waals surface area contributed by atoms with Crippen molar-refractivity contribution in [1.29, 1.82) is 5.26 Å². The van der Waals surface area contributed by atoms with Crippen molar-refractivity contribution in [2.45, 2.75) is 75.7 Å². The van der Waals surface area contributed by atoms with Crippen LogP contribution < -0.4 is 14.5 Å². The highest BCUT2D eigenvalue weighted by molar-refractivity contribution is 6.10. The first-order chi connectivity index (χ1) is 20.5. The van der Waals surface area contributed by atoms with Gasteiger partial charge in [-0.05, 0) is 70.4 Å². The number of likely N-dealkylation sites (tertiary alicyclic amines) is 1. The van der Waals surface area contributed by atoms with Gasteiger partial charge >= 0.3 is 12.3 Å². The summed E-state index contributed by atoms with van der Waals surface area (Å²) in [6, 6.07) is 7.61. The molecule has 0 radical (unpaired) electrons. The zero-order chi connectivity index (χ0) is 32.2. The number of ether oxygens (including phenoxy) is 2. The van der Waals surface area contributed by atoms with E-state index in [1.807, 2.05) is 0 Å². The molecule has 2 aromatic rings. The Labute approximate surface area is 250 Å². The van der Waals surface area contributed by atoms with Crippen LogP contribution in [0.2, 0.25) is 0 Å². The van der Waals surface area contributed by atoms with Crippen molar-refractivity contribution >= 4 is 23.4 Å². The van der Waals surface area contributed by atoms with Crippen molar-refractivity contribution in [2.24, 2.45) is 0 Å². The summed E-state index contributed by atoms with van der Waals surface area (Å²) in [5, 5.41) is 9.10. The Morgan fingerprint density at radius 3 is 2.36 bits per heavy atom. The average molecular weight is 620 g/mol. The number of anilines is 2. The van der Waals surface area contributed by atoms with E-state index in [2.05, 4.69) is 11.6 Å². The summed E-state index contributed by atoms with van der Waals surface area (Å²) in [5.74, 6) is -3.12. The van der Waals surface area contributed by atoms with Crippen molar-refractivity contribution in [1.82, 2.24) is 9.88 Å². The number of carbonyl (C=O) groups excluding carboxylic acids is 2. The SMILES string of the molecule is C=C1N(c2cnc(C#N)c(C(F)(F)F)c2)C(=O)C2(CCC2)N1c1ccc(OCC2CC(F)(F)CN2C(=O)OC(C)(C)C)cc1. The van der Waals surface area contributed by atoms with Crippen molar-refractivity contribution in [3.63, 3.8) is 0 Å². The third-order valence-corrected chi connectivity index (χ3v) is 7.81. The van der Waals surface area contributed by atoms with Crippen LogP contribution in [-0.4, -0.2) is 58.1 Å². The maximum atomic E-state index is 14.2. The molecule has 0 N–H and O–H groups in total. The molecule has 44 heavy (non-hydrogen) atoms. The molecule has 5 rings (SSSR count). The monoisotopic (exact) mass is 619 g/mol. The minimum atomic E-state index is -4.86. The van der Waals surface area contributed by atoms with Gasteiger partial charge in [-0.3, -0.25) is 14.6 Å². The topological polar surface area (TPSA) is 99.0 Å². The van der Waals surface area contributed by atoms with Gasteiger partial charge in [-0.1, -0.05) is 6.58 Å². The number of rotatable bonds is 5. The van der Waals surface area contributed by atoms with Crippen LogP contribution in [0.4, 0.5) is 38.1 Å². The zero-order valence-corrected chi connectivity index (χ0v) is 24.3. The highest BCUT2D eigenvalue weighted by atomic mass is 19.4. The first kappa shape index (κ1) is 31.0. The van der Waals surface area contributed by atoms with E-state index in [1.54, 1.807) is 49.9 Å². The molecule has 1 aromatic heterocycles. The summed E-state index contributed by atoms with van der Waals surface area (Å²) in [6.45, 7) is 7.94. The maximum Gasteiger partial charge on any atom is 0.419 e. The van der Waals surface area contributed by atoms with Crippen LogP contribution in [0.25, 0.3) is 0 Å². The van der Waals surface area contributed by atoms with Crippen LogP contribution in [0.1, 0.15) is 57.7 Å². The third-order valence-electron chi connectivity index (χ3n) is 7.81. The van der Waals surface area contributed by atoms with Gasteiger partial charge < -0.3 is 14.4 Å². The maximum absolute atomic E-state index is 14.2. The minimum Gasteiger partial charge on any atom is -0.491 e. The zero-order valence-electron chi connectivity index (χ0n) is 24.3. The molecular formula is C30H30F5N5O4. The standard InChI is InChI=1S/C30H30F5N5O4/c1-18-39(20-12-23(30(33,34)35)24(14-36)37-15-20)25(41)28(10-5-11-28)40(18)19-6-8-22(9-7-19)43-16-21-13-29(31,32)17-38(21)26(42)44-27(2,3)4/h6-9,12,15,21H,1,5,10-11,13,16-17H2,2-4H3. The number of carbonyl (C=O) groups is 2. The lowest BCUT2D eigenvalue weighted by Gasteiger charge is -2.43. The predicted octanol–water partition coefficient (Wildman–Crippen LogP) is 6.24. The molecule has 9 nitrogen and oxygen atoms in total. The minimum absolute atomic E-state index is 0.115. The van der Waals surface area contributed by atoms with Gasteiger partial charge in [0.1, 0.15) is 35.4 Å². The van der Waals surface area contributed by atoms with E-state index in [1.165, 1.54) is 6.07 Å². The highest BCUT2D eigenvalue weighted by Crippen LogP contribution is 2.51. The molecule has 0 bridgehead atoms. The number of nitriles is 1. The van der Waals surface area contributed by atoms with E-state index < -0.39 is 65.5 Å². The molecule has 3 heterocycles. The van der Waals surface area contributed by atoms with Crippen LogP contribution in [0.15, 0.2) is 48.9 Å². The Kier molecular flexibility index (Phi) is 7.50. The highest BCUT2D eigenvalue weighted by Gasteiger charge is 2.59. The lowest BCUT2D eigenvalue weighted by Crippen LogP contribution is -2.54. The second-order valence-corrected chi connectivity index (χ2v) is 12.1. The predicted molar refractivity (Wildman–Crippen MR) is 148 cm³/mol. The van der Waals surface area contributed by atoms with E-state index in [4.69, 9.17) is 14.7 Å². The summed E-state index contributed by atoms with van der Waals surface area (Å²) in [4.78, 5) is 33.6. The number of hydrogen-bond acceptors (Lipinski definition) is 7. The van der Waals surface area contributed by atoms with Crippen molar-refractivity contribution in [3.05, 3.63) is 60.2 Å². The first-order valence-corrected chi connectivity index (χ1v) is 13.9. The Bertz CT molecular complexity index is 1530. The Morgan fingerprint density at radius 1 is 1.16 bits per heavy atom. The molecule has 3 aliphatic rings. The normalized spacial score (nSPS) is 21.0. The van der Waals surface area contributed by atoms with Gasteiger partial charge in [0.2, 0.25) is 0 Å². The number of hydrogen-bond donors (Lipinski definition) is 0. The molecule has 1 spiro atoms. The van der Waals surface area contributed by atoms with Crippen LogP contribution in [-0.2, 0) is 15.7 Å². The molecule has 2 saturated heterocycles. The van der Waals surface area contributed by atoms with E-state index in [0.29, 0.717) is 36.8 Å². The molecule has 1 aliphatic carbocycles. The molecule has 234 valence electrons. The second-order valence-electron chi connectivity index (χ2n) is 12.1. The lowest BCUT2D eigenvalue weighted by molar-refractivity contribution is -0.138. The molecule has 3 fully saturated rings. The van der Waals surface area contributed by atoms with Crippen LogP contribution in [0, 0.1) is 11.3 Å². The van der Waals surface area contributed by atoms with Crippen LogP contribution >= 0.6 is 0 Å². The summed E-state index contributed by atoms with van der Waals surface area (Å²) in [6.07, 6.45) is -3.68. The van der Waals surface area contributed by atoms with Crippen molar-refractivity contribution < 1.29 is 41.0 Å². The van der Waals surface area contributed by atoms with Gasteiger partial charge in [0.25, 0.3) is 11.8 Å².